The molecule has 1 saturated heterocycles. The van der Waals surface area contributed by atoms with Crippen molar-refractivity contribution in [1.29, 1.82) is 0 Å². The van der Waals surface area contributed by atoms with Gasteiger partial charge in [-0.05, 0) is 33.5 Å². The Morgan fingerprint density at radius 2 is 2.38 bits per heavy atom. The SMILES string of the molecule is COCC(C(=O)O)N(C)C1CCCN(C)C1. The monoisotopic (exact) mass is 230 g/mol. The number of aliphatic carboxylic acids is 1. The summed E-state index contributed by atoms with van der Waals surface area (Å²) in [5.41, 5.74) is 0. The molecule has 1 rings (SSSR count). The van der Waals surface area contributed by atoms with E-state index in [1.54, 1.807) is 0 Å². The molecule has 1 aliphatic heterocycles. The zero-order valence-corrected chi connectivity index (χ0v) is 10.3. The van der Waals surface area contributed by atoms with Crippen LogP contribution in [0.2, 0.25) is 0 Å². The number of nitrogens with zero attached hydrogens (tertiary/aromatic N) is 2. The standard InChI is InChI=1S/C11H22N2O3/c1-12-6-4-5-9(7-12)13(2)10(8-16-3)11(14)15/h9-10H,4-8H2,1-3H3,(H,14,15). The summed E-state index contributed by atoms with van der Waals surface area (Å²) in [6, 6.07) is -0.225. The van der Waals surface area contributed by atoms with Crippen LogP contribution in [0.5, 0.6) is 0 Å². The molecule has 5 nitrogen and oxygen atoms in total. The van der Waals surface area contributed by atoms with E-state index >= 15 is 0 Å². The van der Waals surface area contributed by atoms with Gasteiger partial charge in [0, 0.05) is 19.7 Å². The largest absolute Gasteiger partial charge is 0.480 e. The zero-order valence-electron chi connectivity index (χ0n) is 10.3. The van der Waals surface area contributed by atoms with Crippen LogP contribution in [0.1, 0.15) is 12.8 Å². The van der Waals surface area contributed by atoms with Crippen LogP contribution < -0.4 is 0 Å². The highest BCUT2D eigenvalue weighted by Gasteiger charge is 2.30. The summed E-state index contributed by atoms with van der Waals surface area (Å²) in [5, 5.41) is 9.14. The summed E-state index contributed by atoms with van der Waals surface area (Å²) < 4.78 is 4.97. The minimum absolute atomic E-state index is 0.242. The van der Waals surface area contributed by atoms with Crippen LogP contribution in [0.3, 0.4) is 0 Å². The van der Waals surface area contributed by atoms with Gasteiger partial charge in [0.25, 0.3) is 0 Å². The van der Waals surface area contributed by atoms with Crippen molar-refractivity contribution in [3.8, 4) is 0 Å². The van der Waals surface area contributed by atoms with E-state index in [0.717, 1.165) is 25.9 Å². The maximum absolute atomic E-state index is 11.1. The number of likely N-dealkylation sites (N-methyl/N-ethyl adjacent to an activating group) is 2. The number of piperidine rings is 1. The summed E-state index contributed by atoms with van der Waals surface area (Å²) in [6.07, 6.45) is 2.19. The predicted molar refractivity (Wildman–Crippen MR) is 61.6 cm³/mol. The van der Waals surface area contributed by atoms with Gasteiger partial charge in [0.1, 0.15) is 6.04 Å². The number of carboxylic acid groups (broad SMARTS) is 1. The van der Waals surface area contributed by atoms with Crippen molar-refractivity contribution in [3.63, 3.8) is 0 Å². The highest BCUT2D eigenvalue weighted by atomic mass is 16.5. The Morgan fingerprint density at radius 3 is 2.88 bits per heavy atom. The van der Waals surface area contributed by atoms with Gasteiger partial charge in [0.2, 0.25) is 0 Å². The third-order valence-corrected chi connectivity index (χ3v) is 3.28. The molecular formula is C11H22N2O3. The average Bonchev–Trinajstić information content (AvgIpc) is 2.24. The van der Waals surface area contributed by atoms with E-state index in [1.165, 1.54) is 7.11 Å². The fourth-order valence-electron chi connectivity index (χ4n) is 2.25. The molecule has 0 saturated carbocycles. The van der Waals surface area contributed by atoms with Crippen LogP contribution >= 0.6 is 0 Å². The number of ether oxygens (including phenoxy) is 1. The number of hydrogen-bond donors (Lipinski definition) is 1. The van der Waals surface area contributed by atoms with Gasteiger partial charge in [-0.25, -0.2) is 0 Å². The fraction of sp³-hybridized carbons (Fsp3) is 0.909. The molecule has 0 amide bonds. The summed E-state index contributed by atoms with van der Waals surface area (Å²) in [7, 11) is 5.49. The minimum atomic E-state index is -0.808. The van der Waals surface area contributed by atoms with E-state index in [1.807, 2.05) is 11.9 Å². The third kappa shape index (κ3) is 3.43. The van der Waals surface area contributed by atoms with Gasteiger partial charge in [-0.1, -0.05) is 0 Å². The van der Waals surface area contributed by atoms with Crippen molar-refractivity contribution in [2.45, 2.75) is 24.9 Å². The molecule has 0 radical (unpaired) electrons. The molecule has 5 heteroatoms. The second-order valence-corrected chi connectivity index (χ2v) is 4.53. The minimum Gasteiger partial charge on any atom is -0.480 e. The highest BCUT2D eigenvalue weighted by Crippen LogP contribution is 2.15. The number of likely N-dealkylation sites (tertiary alicyclic amines) is 1. The van der Waals surface area contributed by atoms with Crippen LogP contribution in [-0.2, 0) is 9.53 Å². The predicted octanol–water partition coefficient (Wildman–Crippen LogP) is 0.112. The maximum Gasteiger partial charge on any atom is 0.323 e. The molecule has 0 bridgehead atoms. The highest BCUT2D eigenvalue weighted by molar-refractivity contribution is 5.73. The van der Waals surface area contributed by atoms with E-state index in [-0.39, 0.29) is 6.61 Å². The van der Waals surface area contributed by atoms with Gasteiger partial charge >= 0.3 is 5.97 Å². The number of carbonyl (C=O) groups is 1. The lowest BCUT2D eigenvalue weighted by Gasteiger charge is -2.38. The Kier molecular flexibility index (Phi) is 5.18. The second-order valence-electron chi connectivity index (χ2n) is 4.53. The van der Waals surface area contributed by atoms with Crippen LogP contribution in [0.25, 0.3) is 0 Å². The van der Waals surface area contributed by atoms with Gasteiger partial charge in [-0.3, -0.25) is 9.69 Å². The molecular weight excluding hydrogens is 208 g/mol. The van der Waals surface area contributed by atoms with Gasteiger partial charge in [0.15, 0.2) is 0 Å². The molecule has 1 aliphatic rings. The lowest BCUT2D eigenvalue weighted by molar-refractivity contribution is -0.146. The first-order chi connectivity index (χ1) is 7.56. The Labute approximate surface area is 97.0 Å². The number of hydrogen-bond acceptors (Lipinski definition) is 4. The summed E-state index contributed by atoms with van der Waals surface area (Å²) in [6.45, 7) is 2.28. The number of carboxylic acids is 1. The van der Waals surface area contributed by atoms with Crippen LogP contribution in [-0.4, -0.2) is 73.9 Å². The third-order valence-electron chi connectivity index (χ3n) is 3.28. The van der Waals surface area contributed by atoms with Crippen molar-refractivity contribution < 1.29 is 14.6 Å². The molecule has 94 valence electrons. The average molecular weight is 230 g/mol. The van der Waals surface area contributed by atoms with E-state index in [4.69, 9.17) is 9.84 Å². The molecule has 1 heterocycles. The fourth-order valence-corrected chi connectivity index (χ4v) is 2.25. The van der Waals surface area contributed by atoms with Gasteiger partial charge < -0.3 is 14.7 Å². The molecule has 1 N–H and O–H groups in total. The molecule has 0 aliphatic carbocycles. The molecule has 0 aromatic carbocycles. The molecule has 0 aromatic rings. The lowest BCUT2D eigenvalue weighted by Crippen LogP contribution is -2.52. The van der Waals surface area contributed by atoms with Crippen LogP contribution in [0.4, 0.5) is 0 Å². The Hall–Kier alpha value is -0.650. The van der Waals surface area contributed by atoms with Gasteiger partial charge in [-0.15, -0.1) is 0 Å². The van der Waals surface area contributed by atoms with Crippen molar-refractivity contribution in [3.05, 3.63) is 0 Å². The summed E-state index contributed by atoms with van der Waals surface area (Å²) >= 11 is 0. The number of methoxy groups -OCH3 is 1. The summed E-state index contributed by atoms with van der Waals surface area (Å²) in [4.78, 5) is 15.3. The molecule has 0 aromatic heterocycles. The molecule has 2 unspecified atom stereocenters. The van der Waals surface area contributed by atoms with Crippen LogP contribution in [0, 0.1) is 0 Å². The Balaban J connectivity index is 2.58. The van der Waals surface area contributed by atoms with Crippen LogP contribution in [0.15, 0.2) is 0 Å². The van der Waals surface area contributed by atoms with E-state index in [9.17, 15) is 4.79 Å². The van der Waals surface area contributed by atoms with Gasteiger partial charge in [0.05, 0.1) is 6.61 Å². The van der Waals surface area contributed by atoms with Gasteiger partial charge in [-0.2, -0.15) is 0 Å². The van der Waals surface area contributed by atoms with Crippen molar-refractivity contribution in [1.82, 2.24) is 9.80 Å². The Bertz CT molecular complexity index is 235. The maximum atomic E-state index is 11.1. The molecule has 1 fully saturated rings. The van der Waals surface area contributed by atoms with E-state index < -0.39 is 12.0 Å². The number of rotatable bonds is 5. The van der Waals surface area contributed by atoms with E-state index in [2.05, 4.69) is 11.9 Å². The second kappa shape index (κ2) is 6.18. The molecule has 16 heavy (non-hydrogen) atoms. The first kappa shape index (κ1) is 13.4. The van der Waals surface area contributed by atoms with E-state index in [0.29, 0.717) is 6.04 Å². The lowest BCUT2D eigenvalue weighted by atomic mass is 10.0. The van der Waals surface area contributed by atoms with Crippen molar-refractivity contribution >= 4 is 5.97 Å². The van der Waals surface area contributed by atoms with Crippen molar-refractivity contribution in [2.24, 2.45) is 0 Å². The van der Waals surface area contributed by atoms with Crippen molar-refractivity contribution in [2.75, 3.05) is 40.9 Å². The quantitative estimate of drug-likeness (QED) is 0.726. The Morgan fingerprint density at radius 1 is 1.69 bits per heavy atom. The smallest absolute Gasteiger partial charge is 0.323 e. The summed E-state index contributed by atoms with van der Waals surface area (Å²) in [5.74, 6) is -0.808. The molecule has 0 spiro atoms. The first-order valence-corrected chi connectivity index (χ1v) is 5.68. The normalized spacial score (nSPS) is 24.6. The topological polar surface area (TPSA) is 53.0 Å². The zero-order chi connectivity index (χ0) is 12.1. The molecule has 2 atom stereocenters. The first-order valence-electron chi connectivity index (χ1n) is 5.68.